The van der Waals surface area contributed by atoms with Crippen LogP contribution in [0.25, 0.3) is 10.8 Å². The third kappa shape index (κ3) is 8.52. The van der Waals surface area contributed by atoms with E-state index in [1.54, 1.807) is 4.90 Å². The standard InChI is InChI=1S/C31H39N7O3/c1-21(39)36-28(23-9-3-2-4-10-23)20-38-17-15-26(37-27(30(38)41)12-7-16-34-31(32)33)19-35-29(40)25-14-13-22-8-5-6-11-24(22)18-25/h2-6,8-11,13-14,18,26-28,37H,7,12,15-17,19-20H2,1H3,(H,35,40)(H,36,39)(H4,32,33,34)/t26-,27-,28+/m0/s1. The molecule has 0 saturated carbocycles. The van der Waals surface area contributed by atoms with E-state index in [2.05, 4.69) is 20.9 Å². The van der Waals surface area contributed by atoms with Gasteiger partial charge in [0.1, 0.15) is 0 Å². The van der Waals surface area contributed by atoms with Crippen molar-refractivity contribution >= 4 is 34.5 Å². The van der Waals surface area contributed by atoms with E-state index in [1.165, 1.54) is 6.92 Å². The first kappa shape index (κ1) is 29.5. The number of nitrogens with two attached hydrogens (primary N) is 2. The molecule has 1 fully saturated rings. The monoisotopic (exact) mass is 557 g/mol. The molecule has 0 bridgehead atoms. The van der Waals surface area contributed by atoms with Gasteiger partial charge in [-0.25, -0.2) is 0 Å². The maximum absolute atomic E-state index is 13.7. The number of benzene rings is 3. The molecule has 10 nitrogen and oxygen atoms in total. The molecule has 10 heteroatoms. The van der Waals surface area contributed by atoms with Gasteiger partial charge in [0, 0.05) is 44.7 Å². The van der Waals surface area contributed by atoms with Gasteiger partial charge in [-0.2, -0.15) is 0 Å². The van der Waals surface area contributed by atoms with E-state index in [-0.39, 0.29) is 35.8 Å². The van der Waals surface area contributed by atoms with Crippen LogP contribution in [0, 0.1) is 0 Å². The normalized spacial score (nSPS) is 17.9. The molecule has 3 amide bonds. The number of guanidine groups is 1. The second-order valence-electron chi connectivity index (χ2n) is 10.4. The Labute approximate surface area is 240 Å². The van der Waals surface area contributed by atoms with Gasteiger partial charge in [-0.05, 0) is 47.7 Å². The van der Waals surface area contributed by atoms with Crippen LogP contribution in [0.3, 0.4) is 0 Å². The third-order valence-electron chi connectivity index (χ3n) is 7.24. The maximum atomic E-state index is 13.7. The van der Waals surface area contributed by atoms with Crippen molar-refractivity contribution in [1.82, 2.24) is 20.9 Å². The Kier molecular flexibility index (Phi) is 10.3. The first-order chi connectivity index (χ1) is 19.8. The van der Waals surface area contributed by atoms with Crippen LogP contribution in [0.5, 0.6) is 0 Å². The summed E-state index contributed by atoms with van der Waals surface area (Å²) >= 11 is 0. The van der Waals surface area contributed by atoms with Crippen molar-refractivity contribution in [2.75, 3.05) is 26.2 Å². The Bertz CT molecular complexity index is 1370. The summed E-state index contributed by atoms with van der Waals surface area (Å²) in [5.41, 5.74) is 12.4. The number of rotatable bonds is 11. The topological polar surface area (TPSA) is 155 Å². The van der Waals surface area contributed by atoms with Crippen molar-refractivity contribution in [3.63, 3.8) is 0 Å². The van der Waals surface area contributed by atoms with Crippen LogP contribution in [0.4, 0.5) is 0 Å². The quantitative estimate of drug-likeness (QED) is 0.138. The molecule has 1 aliphatic heterocycles. The highest BCUT2D eigenvalue weighted by Gasteiger charge is 2.32. The van der Waals surface area contributed by atoms with Gasteiger partial charge in [0.05, 0.1) is 12.1 Å². The number of aliphatic imine (C=N–C) groups is 1. The average Bonchev–Trinajstić information content (AvgIpc) is 3.11. The van der Waals surface area contributed by atoms with Crippen LogP contribution in [-0.2, 0) is 9.59 Å². The number of fused-ring (bicyclic) bond motifs is 1. The van der Waals surface area contributed by atoms with Crippen LogP contribution in [0.1, 0.15) is 48.1 Å². The van der Waals surface area contributed by atoms with Gasteiger partial charge in [0.25, 0.3) is 5.91 Å². The molecule has 1 heterocycles. The van der Waals surface area contributed by atoms with Crippen molar-refractivity contribution < 1.29 is 14.4 Å². The highest BCUT2D eigenvalue weighted by Crippen LogP contribution is 2.19. The molecule has 216 valence electrons. The van der Waals surface area contributed by atoms with Gasteiger partial charge in [0.2, 0.25) is 11.8 Å². The third-order valence-corrected chi connectivity index (χ3v) is 7.24. The molecule has 7 N–H and O–H groups in total. The second-order valence-corrected chi connectivity index (χ2v) is 10.4. The zero-order chi connectivity index (χ0) is 29.2. The van der Waals surface area contributed by atoms with E-state index < -0.39 is 6.04 Å². The molecule has 1 saturated heterocycles. The van der Waals surface area contributed by atoms with Gasteiger partial charge < -0.3 is 32.3 Å². The Hall–Kier alpha value is -4.44. The van der Waals surface area contributed by atoms with E-state index in [0.29, 0.717) is 51.0 Å². The predicted octanol–water partition coefficient (Wildman–Crippen LogP) is 2.06. The molecular weight excluding hydrogens is 518 g/mol. The molecule has 3 atom stereocenters. The first-order valence-electron chi connectivity index (χ1n) is 14.0. The van der Waals surface area contributed by atoms with Gasteiger partial charge >= 0.3 is 0 Å². The summed E-state index contributed by atoms with van der Waals surface area (Å²) in [6.07, 6.45) is 1.77. The van der Waals surface area contributed by atoms with E-state index in [9.17, 15) is 14.4 Å². The van der Waals surface area contributed by atoms with Crippen molar-refractivity contribution in [2.24, 2.45) is 16.5 Å². The van der Waals surface area contributed by atoms with Crippen LogP contribution < -0.4 is 27.4 Å². The number of carbonyl (C=O) groups excluding carboxylic acids is 3. The zero-order valence-electron chi connectivity index (χ0n) is 23.4. The number of amides is 3. The van der Waals surface area contributed by atoms with Crippen molar-refractivity contribution in [3.8, 4) is 0 Å². The van der Waals surface area contributed by atoms with Gasteiger partial charge in [-0.1, -0.05) is 60.7 Å². The van der Waals surface area contributed by atoms with Crippen molar-refractivity contribution in [3.05, 3.63) is 83.9 Å². The second kappa shape index (κ2) is 14.3. The molecule has 3 aromatic carbocycles. The Morgan fingerprint density at radius 2 is 1.78 bits per heavy atom. The minimum absolute atomic E-state index is 0.0158. The fourth-order valence-corrected chi connectivity index (χ4v) is 5.17. The van der Waals surface area contributed by atoms with Crippen LogP contribution in [0.2, 0.25) is 0 Å². The SMILES string of the molecule is CC(=O)N[C@H](CN1CC[C@@H](CNC(=O)c2ccc3ccccc3c2)N[C@@H](CCCN=C(N)N)C1=O)c1ccccc1. The van der Waals surface area contributed by atoms with Gasteiger partial charge in [0.15, 0.2) is 5.96 Å². The summed E-state index contributed by atoms with van der Waals surface area (Å²) < 4.78 is 0. The molecule has 41 heavy (non-hydrogen) atoms. The highest BCUT2D eigenvalue weighted by molar-refractivity contribution is 5.98. The van der Waals surface area contributed by atoms with E-state index >= 15 is 0 Å². The summed E-state index contributed by atoms with van der Waals surface area (Å²) in [7, 11) is 0. The van der Waals surface area contributed by atoms with Gasteiger partial charge in [-0.3, -0.25) is 19.4 Å². The molecule has 0 aliphatic carbocycles. The van der Waals surface area contributed by atoms with Crippen LogP contribution in [-0.4, -0.2) is 66.8 Å². The molecule has 4 rings (SSSR count). The number of carbonyl (C=O) groups is 3. The zero-order valence-corrected chi connectivity index (χ0v) is 23.4. The lowest BCUT2D eigenvalue weighted by molar-refractivity contribution is -0.133. The fourth-order valence-electron chi connectivity index (χ4n) is 5.17. The summed E-state index contributed by atoms with van der Waals surface area (Å²) in [5, 5.41) is 11.6. The van der Waals surface area contributed by atoms with Crippen molar-refractivity contribution in [1.29, 1.82) is 0 Å². The van der Waals surface area contributed by atoms with Crippen molar-refractivity contribution in [2.45, 2.75) is 44.3 Å². The summed E-state index contributed by atoms with van der Waals surface area (Å²) in [6.45, 7) is 3.07. The lowest BCUT2D eigenvalue weighted by Gasteiger charge is -2.29. The molecule has 0 unspecified atom stereocenters. The Balaban J connectivity index is 1.46. The summed E-state index contributed by atoms with van der Waals surface area (Å²) in [6, 6.07) is 22.2. The minimum atomic E-state index is -0.483. The van der Waals surface area contributed by atoms with Gasteiger partial charge in [-0.15, -0.1) is 0 Å². The minimum Gasteiger partial charge on any atom is -0.370 e. The maximum Gasteiger partial charge on any atom is 0.251 e. The van der Waals surface area contributed by atoms with Crippen LogP contribution in [0.15, 0.2) is 77.8 Å². The molecule has 0 spiro atoms. The first-order valence-corrected chi connectivity index (χ1v) is 14.0. The molecule has 3 aromatic rings. The fraction of sp³-hybridized carbons (Fsp3) is 0.355. The number of hydrogen-bond donors (Lipinski definition) is 5. The lowest BCUT2D eigenvalue weighted by atomic mass is 10.1. The lowest BCUT2D eigenvalue weighted by Crippen LogP contribution is -2.49. The number of hydrogen-bond acceptors (Lipinski definition) is 5. The summed E-state index contributed by atoms with van der Waals surface area (Å²) in [5.74, 6) is -0.363. The largest absolute Gasteiger partial charge is 0.370 e. The smallest absolute Gasteiger partial charge is 0.251 e. The molecular formula is C31H39N7O3. The Morgan fingerprint density at radius 1 is 1.05 bits per heavy atom. The molecule has 1 aliphatic rings. The Morgan fingerprint density at radius 3 is 2.51 bits per heavy atom. The molecule has 0 radical (unpaired) electrons. The molecule has 0 aromatic heterocycles. The predicted molar refractivity (Wildman–Crippen MR) is 161 cm³/mol. The average molecular weight is 558 g/mol. The highest BCUT2D eigenvalue weighted by atomic mass is 16.2. The van der Waals surface area contributed by atoms with E-state index in [4.69, 9.17) is 11.5 Å². The number of nitrogens with one attached hydrogen (secondary N) is 3. The van der Waals surface area contributed by atoms with E-state index in [1.807, 2.05) is 72.8 Å². The summed E-state index contributed by atoms with van der Waals surface area (Å²) in [4.78, 5) is 44.6. The van der Waals surface area contributed by atoms with E-state index in [0.717, 1.165) is 16.3 Å². The van der Waals surface area contributed by atoms with Crippen LogP contribution >= 0.6 is 0 Å². The number of nitrogens with zero attached hydrogens (tertiary/aromatic N) is 2.